The summed E-state index contributed by atoms with van der Waals surface area (Å²) in [4.78, 5) is 0. The highest BCUT2D eigenvalue weighted by atomic mass is 32.2. The van der Waals surface area contributed by atoms with Gasteiger partial charge in [-0.1, -0.05) is 19.1 Å². The minimum absolute atomic E-state index is 0.616. The summed E-state index contributed by atoms with van der Waals surface area (Å²) in [7, 11) is 0. The van der Waals surface area contributed by atoms with Gasteiger partial charge in [-0.25, -0.2) is 0 Å². The van der Waals surface area contributed by atoms with E-state index in [-0.39, 0.29) is 0 Å². The smallest absolute Gasteiger partial charge is 0.0506 e. The summed E-state index contributed by atoms with van der Waals surface area (Å²) in [5.74, 6) is 0. The zero-order chi connectivity index (χ0) is 8.10. The van der Waals surface area contributed by atoms with Gasteiger partial charge in [0.1, 0.15) is 0 Å². The quantitative estimate of drug-likeness (QED) is 0.562. The summed E-state index contributed by atoms with van der Waals surface area (Å²) in [6.07, 6.45) is 6.98. The van der Waals surface area contributed by atoms with Crippen LogP contribution < -0.4 is 5.32 Å². The van der Waals surface area contributed by atoms with Crippen molar-refractivity contribution in [1.82, 2.24) is 5.32 Å². The zero-order valence-electron chi connectivity index (χ0n) is 7.34. The van der Waals surface area contributed by atoms with Crippen LogP contribution >= 0.6 is 11.8 Å². The molecule has 0 radical (unpaired) electrons. The average molecular weight is 171 g/mol. The van der Waals surface area contributed by atoms with Gasteiger partial charge >= 0.3 is 0 Å². The molecule has 0 bridgehead atoms. The van der Waals surface area contributed by atoms with Gasteiger partial charge in [-0.05, 0) is 26.3 Å². The van der Waals surface area contributed by atoms with Crippen molar-refractivity contribution in [2.75, 3.05) is 6.54 Å². The molecule has 64 valence electrons. The molecule has 1 rings (SSSR count). The Hall–Kier alpha value is 0.0500. The molecule has 0 spiro atoms. The molecule has 1 aliphatic rings. The first-order chi connectivity index (χ1) is 5.29. The highest BCUT2D eigenvalue weighted by Gasteiger charge is 2.07. The molecule has 0 aromatic rings. The second kappa shape index (κ2) is 4.83. The molecule has 11 heavy (non-hydrogen) atoms. The molecule has 1 nitrogen and oxygen atoms in total. The predicted octanol–water partition coefficient (Wildman–Crippen LogP) is 2.39. The summed E-state index contributed by atoms with van der Waals surface area (Å²) in [6, 6.07) is 0. The standard InChI is InChI=1S/C9H17NS/c1-8-6-4-3-5-7-10-9(2)11-8/h3-4,8-10H,5-7H2,1-2H3/b4-3-/t8-,9?/m1/s1. The lowest BCUT2D eigenvalue weighted by atomic mass is 10.3. The Morgan fingerprint density at radius 2 is 2.18 bits per heavy atom. The molecular formula is C9H17NS. The van der Waals surface area contributed by atoms with E-state index < -0.39 is 0 Å². The molecule has 0 aliphatic carbocycles. The Morgan fingerprint density at radius 3 is 3.00 bits per heavy atom. The maximum Gasteiger partial charge on any atom is 0.0506 e. The van der Waals surface area contributed by atoms with Crippen LogP contribution in [0.25, 0.3) is 0 Å². The fourth-order valence-electron chi connectivity index (χ4n) is 1.23. The number of nitrogens with one attached hydrogen (secondary N) is 1. The fourth-order valence-corrected chi connectivity index (χ4v) is 2.36. The van der Waals surface area contributed by atoms with Crippen molar-refractivity contribution >= 4 is 11.8 Å². The highest BCUT2D eigenvalue weighted by Crippen LogP contribution is 2.19. The highest BCUT2D eigenvalue weighted by molar-refractivity contribution is 8.00. The summed E-state index contributed by atoms with van der Waals surface area (Å²) >= 11 is 2.03. The number of rotatable bonds is 0. The van der Waals surface area contributed by atoms with Crippen molar-refractivity contribution in [3.05, 3.63) is 12.2 Å². The van der Waals surface area contributed by atoms with Crippen LogP contribution in [0.5, 0.6) is 0 Å². The maximum atomic E-state index is 3.47. The van der Waals surface area contributed by atoms with E-state index in [1.807, 2.05) is 11.8 Å². The van der Waals surface area contributed by atoms with Crippen LogP contribution in [-0.2, 0) is 0 Å². The normalized spacial score (nSPS) is 36.9. The van der Waals surface area contributed by atoms with Crippen LogP contribution in [-0.4, -0.2) is 17.2 Å². The molecule has 1 heterocycles. The van der Waals surface area contributed by atoms with E-state index in [9.17, 15) is 0 Å². The van der Waals surface area contributed by atoms with Gasteiger partial charge in [0.05, 0.1) is 5.37 Å². The van der Waals surface area contributed by atoms with E-state index in [2.05, 4.69) is 31.3 Å². The van der Waals surface area contributed by atoms with Crippen molar-refractivity contribution in [2.24, 2.45) is 0 Å². The van der Waals surface area contributed by atoms with Crippen molar-refractivity contribution in [3.8, 4) is 0 Å². The summed E-state index contributed by atoms with van der Waals surface area (Å²) < 4.78 is 0. The van der Waals surface area contributed by atoms with Gasteiger partial charge in [0.2, 0.25) is 0 Å². The van der Waals surface area contributed by atoms with Gasteiger partial charge in [-0.15, -0.1) is 11.8 Å². The minimum atomic E-state index is 0.616. The van der Waals surface area contributed by atoms with Gasteiger partial charge in [0.15, 0.2) is 0 Å². The van der Waals surface area contributed by atoms with Crippen LogP contribution in [0.2, 0.25) is 0 Å². The first-order valence-electron chi connectivity index (χ1n) is 4.33. The largest absolute Gasteiger partial charge is 0.305 e. The van der Waals surface area contributed by atoms with E-state index in [4.69, 9.17) is 0 Å². The molecule has 0 aromatic carbocycles. The minimum Gasteiger partial charge on any atom is -0.305 e. The third-order valence-electron chi connectivity index (χ3n) is 1.81. The molecule has 0 amide bonds. The third kappa shape index (κ3) is 3.82. The van der Waals surface area contributed by atoms with Gasteiger partial charge in [-0.3, -0.25) is 0 Å². The molecule has 0 saturated heterocycles. The van der Waals surface area contributed by atoms with Crippen molar-refractivity contribution in [2.45, 2.75) is 37.3 Å². The Balaban J connectivity index is 2.37. The van der Waals surface area contributed by atoms with E-state index >= 15 is 0 Å². The number of thioether (sulfide) groups is 1. The first kappa shape index (κ1) is 9.14. The molecule has 2 atom stereocenters. The monoisotopic (exact) mass is 171 g/mol. The summed E-state index contributed by atoms with van der Waals surface area (Å²) in [6.45, 7) is 5.66. The Kier molecular flexibility index (Phi) is 4.02. The first-order valence-corrected chi connectivity index (χ1v) is 5.27. The van der Waals surface area contributed by atoms with Crippen LogP contribution in [0.3, 0.4) is 0 Å². The van der Waals surface area contributed by atoms with Gasteiger partial charge in [-0.2, -0.15) is 0 Å². The molecule has 0 fully saturated rings. The Morgan fingerprint density at radius 1 is 1.36 bits per heavy atom. The average Bonchev–Trinajstić information content (AvgIpc) is 2.02. The van der Waals surface area contributed by atoms with E-state index in [0.29, 0.717) is 5.37 Å². The molecule has 0 aromatic heterocycles. The number of allylic oxidation sites excluding steroid dienone is 1. The molecule has 2 heteroatoms. The molecular weight excluding hydrogens is 154 g/mol. The number of hydrogen-bond donors (Lipinski definition) is 1. The third-order valence-corrected chi connectivity index (χ3v) is 3.05. The number of hydrogen-bond acceptors (Lipinski definition) is 2. The lowest BCUT2D eigenvalue weighted by Crippen LogP contribution is -2.24. The topological polar surface area (TPSA) is 12.0 Å². The van der Waals surface area contributed by atoms with Crippen LogP contribution in [0, 0.1) is 0 Å². The SMILES string of the molecule is CC1NCC/C=C\C[C@@H](C)S1. The van der Waals surface area contributed by atoms with Crippen molar-refractivity contribution < 1.29 is 0 Å². The van der Waals surface area contributed by atoms with Crippen molar-refractivity contribution in [1.29, 1.82) is 0 Å². The van der Waals surface area contributed by atoms with E-state index in [1.165, 1.54) is 12.8 Å². The summed E-state index contributed by atoms with van der Waals surface area (Å²) in [5, 5.41) is 4.84. The fraction of sp³-hybridized carbons (Fsp3) is 0.778. The van der Waals surface area contributed by atoms with Gasteiger partial charge in [0, 0.05) is 5.25 Å². The van der Waals surface area contributed by atoms with Crippen molar-refractivity contribution in [3.63, 3.8) is 0 Å². The van der Waals surface area contributed by atoms with Crippen LogP contribution in [0.15, 0.2) is 12.2 Å². The Labute approximate surface area is 73.6 Å². The van der Waals surface area contributed by atoms with E-state index in [1.54, 1.807) is 0 Å². The van der Waals surface area contributed by atoms with Crippen LogP contribution in [0.1, 0.15) is 26.7 Å². The van der Waals surface area contributed by atoms with E-state index in [0.717, 1.165) is 11.8 Å². The second-order valence-electron chi connectivity index (χ2n) is 3.04. The molecule has 1 unspecified atom stereocenters. The lowest BCUT2D eigenvalue weighted by molar-refractivity contribution is 0.690. The second-order valence-corrected chi connectivity index (χ2v) is 4.82. The summed E-state index contributed by atoms with van der Waals surface area (Å²) in [5.41, 5.74) is 0. The molecule has 1 N–H and O–H groups in total. The molecule has 0 saturated carbocycles. The van der Waals surface area contributed by atoms with Crippen LogP contribution in [0.4, 0.5) is 0 Å². The predicted molar refractivity (Wildman–Crippen MR) is 52.9 cm³/mol. The van der Waals surface area contributed by atoms with Gasteiger partial charge < -0.3 is 5.32 Å². The zero-order valence-corrected chi connectivity index (χ0v) is 8.16. The molecule has 1 aliphatic heterocycles. The Bertz CT molecular complexity index is 134. The maximum absolute atomic E-state index is 3.47. The van der Waals surface area contributed by atoms with Gasteiger partial charge in [0.25, 0.3) is 0 Å². The lowest BCUT2D eigenvalue weighted by Gasteiger charge is -2.15.